The van der Waals surface area contributed by atoms with Crippen LogP contribution in [0.5, 0.6) is 5.75 Å². The van der Waals surface area contributed by atoms with Crippen molar-refractivity contribution in [2.24, 2.45) is 11.8 Å². The number of nitrogens with one attached hydrogen (secondary N) is 1. The molecule has 2 rings (SSSR count). The van der Waals surface area contributed by atoms with Gasteiger partial charge in [0.15, 0.2) is 0 Å². The standard InChI is InChI=1S/C18H28FNO/c1-4-7-20-12-15-9-16(19)11-18(10-15)21-17-6-5-13(2)14(3)8-17/h9-11,13-14,17,20H,4-8,12H2,1-3H3. The molecule has 3 heteroatoms. The molecule has 0 amide bonds. The van der Waals surface area contributed by atoms with E-state index in [1.165, 1.54) is 12.5 Å². The van der Waals surface area contributed by atoms with Crippen molar-refractivity contribution in [1.29, 1.82) is 0 Å². The van der Waals surface area contributed by atoms with Crippen molar-refractivity contribution in [1.82, 2.24) is 5.32 Å². The van der Waals surface area contributed by atoms with E-state index in [4.69, 9.17) is 4.74 Å². The van der Waals surface area contributed by atoms with Gasteiger partial charge >= 0.3 is 0 Å². The van der Waals surface area contributed by atoms with Crippen molar-refractivity contribution in [3.05, 3.63) is 29.6 Å². The van der Waals surface area contributed by atoms with E-state index >= 15 is 0 Å². The summed E-state index contributed by atoms with van der Waals surface area (Å²) in [5, 5.41) is 3.30. The Kier molecular flexibility index (Phi) is 6.04. The molecule has 1 aliphatic rings. The predicted molar refractivity (Wildman–Crippen MR) is 85.0 cm³/mol. The number of rotatable bonds is 6. The summed E-state index contributed by atoms with van der Waals surface area (Å²) < 4.78 is 19.8. The Morgan fingerprint density at radius 1 is 1.19 bits per heavy atom. The molecule has 3 unspecified atom stereocenters. The normalized spacial score (nSPS) is 25.8. The van der Waals surface area contributed by atoms with E-state index in [1.54, 1.807) is 6.07 Å². The highest BCUT2D eigenvalue weighted by Crippen LogP contribution is 2.32. The second-order valence-corrected chi connectivity index (χ2v) is 6.48. The van der Waals surface area contributed by atoms with E-state index in [0.29, 0.717) is 18.2 Å². The first kappa shape index (κ1) is 16.3. The van der Waals surface area contributed by atoms with Crippen LogP contribution in [-0.4, -0.2) is 12.6 Å². The Labute approximate surface area is 128 Å². The summed E-state index contributed by atoms with van der Waals surface area (Å²) in [4.78, 5) is 0. The van der Waals surface area contributed by atoms with Crippen molar-refractivity contribution in [3.8, 4) is 5.75 Å². The van der Waals surface area contributed by atoms with Gasteiger partial charge in [-0.15, -0.1) is 0 Å². The van der Waals surface area contributed by atoms with Crippen LogP contribution in [0.15, 0.2) is 18.2 Å². The molecule has 1 aliphatic carbocycles. The van der Waals surface area contributed by atoms with Crippen LogP contribution in [-0.2, 0) is 6.54 Å². The van der Waals surface area contributed by atoms with Crippen molar-refractivity contribution >= 4 is 0 Å². The highest BCUT2D eigenvalue weighted by Gasteiger charge is 2.25. The summed E-state index contributed by atoms with van der Waals surface area (Å²) in [5.74, 6) is 1.92. The largest absolute Gasteiger partial charge is 0.490 e. The third-order valence-electron chi connectivity index (χ3n) is 4.54. The lowest BCUT2D eigenvalue weighted by Crippen LogP contribution is -2.28. The minimum atomic E-state index is -0.210. The van der Waals surface area contributed by atoms with Gasteiger partial charge in [-0.2, -0.15) is 0 Å². The summed E-state index contributed by atoms with van der Waals surface area (Å²) in [5.41, 5.74) is 0.954. The van der Waals surface area contributed by atoms with E-state index in [9.17, 15) is 4.39 Å². The number of benzene rings is 1. The van der Waals surface area contributed by atoms with Crippen LogP contribution < -0.4 is 10.1 Å². The molecule has 1 fully saturated rings. The minimum Gasteiger partial charge on any atom is -0.490 e. The predicted octanol–water partition coefficient (Wildman–Crippen LogP) is 4.53. The molecule has 0 heterocycles. The molecule has 0 bridgehead atoms. The van der Waals surface area contributed by atoms with Crippen molar-refractivity contribution < 1.29 is 9.13 Å². The summed E-state index contributed by atoms with van der Waals surface area (Å²) in [6, 6.07) is 5.06. The fourth-order valence-electron chi connectivity index (χ4n) is 3.00. The van der Waals surface area contributed by atoms with Crippen LogP contribution >= 0.6 is 0 Å². The van der Waals surface area contributed by atoms with Gasteiger partial charge in [-0.25, -0.2) is 4.39 Å². The molecular formula is C18H28FNO. The highest BCUT2D eigenvalue weighted by atomic mass is 19.1. The van der Waals surface area contributed by atoms with Crippen LogP contribution in [0.25, 0.3) is 0 Å². The molecule has 0 aromatic heterocycles. The first-order valence-corrected chi connectivity index (χ1v) is 8.25. The number of hydrogen-bond donors (Lipinski definition) is 1. The molecular weight excluding hydrogens is 265 g/mol. The zero-order chi connectivity index (χ0) is 15.2. The first-order valence-electron chi connectivity index (χ1n) is 8.25. The molecule has 2 nitrogen and oxygen atoms in total. The smallest absolute Gasteiger partial charge is 0.127 e. The molecule has 0 aliphatic heterocycles. The van der Waals surface area contributed by atoms with Gasteiger partial charge in [0.05, 0.1) is 6.10 Å². The second-order valence-electron chi connectivity index (χ2n) is 6.48. The van der Waals surface area contributed by atoms with Gasteiger partial charge in [-0.3, -0.25) is 0 Å². The molecule has 3 atom stereocenters. The van der Waals surface area contributed by atoms with Crippen LogP contribution in [0.2, 0.25) is 0 Å². The van der Waals surface area contributed by atoms with E-state index < -0.39 is 0 Å². The molecule has 21 heavy (non-hydrogen) atoms. The minimum absolute atomic E-state index is 0.210. The maximum Gasteiger partial charge on any atom is 0.127 e. The number of halogens is 1. The summed E-state index contributed by atoms with van der Waals surface area (Å²) >= 11 is 0. The van der Waals surface area contributed by atoms with E-state index in [0.717, 1.165) is 37.3 Å². The lowest BCUT2D eigenvalue weighted by molar-refractivity contribution is 0.100. The monoisotopic (exact) mass is 293 g/mol. The molecule has 1 saturated carbocycles. The Hall–Kier alpha value is -1.09. The molecule has 0 saturated heterocycles. The molecule has 1 N–H and O–H groups in total. The Bertz CT molecular complexity index is 449. The van der Waals surface area contributed by atoms with Gasteiger partial charge in [0.1, 0.15) is 11.6 Å². The Morgan fingerprint density at radius 2 is 2.00 bits per heavy atom. The third kappa shape index (κ3) is 4.99. The summed E-state index contributed by atoms with van der Waals surface area (Å²) in [6.45, 7) is 8.36. The lowest BCUT2D eigenvalue weighted by Gasteiger charge is -2.32. The summed E-state index contributed by atoms with van der Waals surface area (Å²) in [6.07, 6.45) is 4.66. The number of hydrogen-bond acceptors (Lipinski definition) is 2. The van der Waals surface area contributed by atoms with Crippen molar-refractivity contribution in [2.75, 3.05) is 6.54 Å². The maximum absolute atomic E-state index is 13.7. The van der Waals surface area contributed by atoms with Crippen LogP contribution in [0.4, 0.5) is 4.39 Å². The van der Waals surface area contributed by atoms with E-state index in [2.05, 4.69) is 26.1 Å². The fourth-order valence-corrected chi connectivity index (χ4v) is 3.00. The van der Waals surface area contributed by atoms with Gasteiger partial charge in [-0.1, -0.05) is 20.8 Å². The van der Waals surface area contributed by atoms with Crippen LogP contribution in [0, 0.1) is 17.7 Å². The SMILES string of the molecule is CCCNCc1cc(F)cc(OC2CCC(C)C(C)C2)c1. The molecule has 1 aromatic carbocycles. The topological polar surface area (TPSA) is 21.3 Å². The van der Waals surface area contributed by atoms with E-state index in [1.807, 2.05) is 6.07 Å². The molecule has 0 radical (unpaired) electrons. The quantitative estimate of drug-likeness (QED) is 0.778. The van der Waals surface area contributed by atoms with Crippen LogP contribution in [0.3, 0.4) is 0 Å². The van der Waals surface area contributed by atoms with Crippen LogP contribution in [0.1, 0.15) is 52.0 Å². The average molecular weight is 293 g/mol. The average Bonchev–Trinajstić information content (AvgIpc) is 2.43. The first-order chi connectivity index (χ1) is 10.1. The lowest BCUT2D eigenvalue weighted by atomic mass is 9.80. The molecule has 118 valence electrons. The molecule has 0 spiro atoms. The van der Waals surface area contributed by atoms with Gasteiger partial charge in [0, 0.05) is 12.6 Å². The van der Waals surface area contributed by atoms with Gasteiger partial charge in [-0.05, 0) is 61.8 Å². The van der Waals surface area contributed by atoms with Gasteiger partial charge in [0.2, 0.25) is 0 Å². The van der Waals surface area contributed by atoms with Gasteiger partial charge in [0.25, 0.3) is 0 Å². The number of ether oxygens (including phenoxy) is 1. The van der Waals surface area contributed by atoms with Crippen molar-refractivity contribution in [2.45, 2.75) is 59.1 Å². The zero-order valence-corrected chi connectivity index (χ0v) is 13.5. The zero-order valence-electron chi connectivity index (χ0n) is 13.5. The molecule has 1 aromatic rings. The second kappa shape index (κ2) is 7.79. The highest BCUT2D eigenvalue weighted by molar-refractivity contribution is 5.29. The Balaban J connectivity index is 1.96. The fraction of sp³-hybridized carbons (Fsp3) is 0.667. The third-order valence-corrected chi connectivity index (χ3v) is 4.54. The maximum atomic E-state index is 13.7. The van der Waals surface area contributed by atoms with Crippen molar-refractivity contribution in [3.63, 3.8) is 0 Å². The Morgan fingerprint density at radius 3 is 2.71 bits per heavy atom. The summed E-state index contributed by atoms with van der Waals surface area (Å²) in [7, 11) is 0. The van der Waals surface area contributed by atoms with E-state index in [-0.39, 0.29) is 11.9 Å². The van der Waals surface area contributed by atoms with Gasteiger partial charge < -0.3 is 10.1 Å².